The van der Waals surface area contributed by atoms with Crippen molar-refractivity contribution < 1.29 is 4.79 Å². The van der Waals surface area contributed by atoms with Crippen LogP contribution in [0.3, 0.4) is 0 Å². The lowest BCUT2D eigenvalue weighted by Crippen LogP contribution is -2.56. The molecule has 4 aliphatic carbocycles. The lowest BCUT2D eigenvalue weighted by atomic mass is 9.42. The largest absolute Gasteiger partial charge is 0.303 e. The minimum Gasteiger partial charge on any atom is -0.303 e. The molecule has 1 heteroatoms. The zero-order chi connectivity index (χ0) is 20.8. The molecule has 1 nitrogen and oxygen atoms in total. The van der Waals surface area contributed by atoms with Crippen molar-refractivity contribution in [2.45, 2.75) is 112 Å². The molecule has 0 bridgehead atoms. The number of carbonyl (C=O) groups excluding carboxylic acids is 1. The molecule has 0 aromatic carbocycles. The van der Waals surface area contributed by atoms with E-state index in [1.54, 1.807) is 0 Å². The zero-order valence-electron chi connectivity index (χ0n) is 20.1. The second-order valence-corrected chi connectivity index (χ2v) is 12.7. The maximum atomic E-state index is 12.1. The van der Waals surface area contributed by atoms with Crippen LogP contribution >= 0.6 is 0 Å². The van der Waals surface area contributed by atoms with Gasteiger partial charge in [-0.1, -0.05) is 60.3 Å². The molecule has 0 radical (unpaired) electrons. The molecule has 166 valence electrons. The van der Waals surface area contributed by atoms with E-state index in [9.17, 15) is 4.79 Å². The third-order valence-electron chi connectivity index (χ3n) is 11.2. The van der Waals surface area contributed by atoms with Gasteiger partial charge in [0.2, 0.25) is 0 Å². The Bertz CT molecular complexity index is 581. The Kier molecular flexibility index (Phi) is 6.27. The first-order valence-corrected chi connectivity index (χ1v) is 13.3. The molecule has 29 heavy (non-hydrogen) atoms. The summed E-state index contributed by atoms with van der Waals surface area (Å²) in [5.41, 5.74) is 0.887. The van der Waals surface area contributed by atoms with Crippen molar-refractivity contribution in [3.8, 4) is 0 Å². The van der Waals surface area contributed by atoms with Crippen LogP contribution in [0.2, 0.25) is 0 Å². The van der Waals surface area contributed by atoms with Gasteiger partial charge in [0.15, 0.2) is 0 Å². The third-order valence-corrected chi connectivity index (χ3v) is 11.2. The first-order valence-electron chi connectivity index (χ1n) is 13.3. The molecule has 1 unspecified atom stereocenters. The summed E-state index contributed by atoms with van der Waals surface area (Å²) in [6, 6.07) is 0. The van der Waals surface area contributed by atoms with Crippen molar-refractivity contribution >= 4 is 6.29 Å². The first kappa shape index (κ1) is 21.9. The van der Waals surface area contributed by atoms with Crippen molar-refractivity contribution in [3.63, 3.8) is 0 Å². The Morgan fingerprint density at radius 2 is 1.69 bits per heavy atom. The van der Waals surface area contributed by atoms with E-state index in [-0.39, 0.29) is 0 Å². The molecule has 0 N–H and O–H groups in total. The molecular weight excluding hydrogens is 352 g/mol. The SMILES string of the molecule is CC(C)CCC[C@H](C)[C@@H]1CC[C@H]2[C@H]3CC[C@H]4CCCC(C=O)[C@]4(C)[C@H]3CC[C@@]21C. The van der Waals surface area contributed by atoms with E-state index >= 15 is 0 Å². The molecule has 0 aliphatic heterocycles. The summed E-state index contributed by atoms with van der Waals surface area (Å²) in [5.74, 6) is 6.51. The first-order chi connectivity index (χ1) is 13.8. The topological polar surface area (TPSA) is 17.1 Å². The predicted octanol–water partition coefficient (Wildman–Crippen LogP) is 7.92. The summed E-state index contributed by atoms with van der Waals surface area (Å²) in [4.78, 5) is 12.1. The Morgan fingerprint density at radius 3 is 2.41 bits per heavy atom. The highest BCUT2D eigenvalue weighted by Crippen LogP contribution is 2.69. The Balaban J connectivity index is 1.50. The van der Waals surface area contributed by atoms with E-state index in [4.69, 9.17) is 0 Å². The third kappa shape index (κ3) is 3.55. The van der Waals surface area contributed by atoms with Gasteiger partial charge in [-0.2, -0.15) is 0 Å². The van der Waals surface area contributed by atoms with Crippen LogP contribution in [0.25, 0.3) is 0 Å². The molecule has 4 aliphatic rings. The molecule has 0 heterocycles. The molecule has 0 aromatic rings. The van der Waals surface area contributed by atoms with E-state index in [2.05, 4.69) is 34.6 Å². The number of fused-ring (bicyclic) bond motifs is 5. The van der Waals surface area contributed by atoms with Crippen LogP contribution in [0, 0.1) is 58.2 Å². The predicted molar refractivity (Wildman–Crippen MR) is 123 cm³/mol. The minimum atomic E-state index is 0.311. The van der Waals surface area contributed by atoms with E-state index in [0.29, 0.717) is 16.7 Å². The highest BCUT2D eigenvalue weighted by molar-refractivity contribution is 5.55. The number of aldehydes is 1. The Morgan fingerprint density at radius 1 is 0.897 bits per heavy atom. The van der Waals surface area contributed by atoms with E-state index in [1.807, 2.05) is 0 Å². The van der Waals surface area contributed by atoms with Gasteiger partial charge in [0, 0.05) is 5.92 Å². The van der Waals surface area contributed by atoms with Gasteiger partial charge in [0.1, 0.15) is 6.29 Å². The van der Waals surface area contributed by atoms with Gasteiger partial charge >= 0.3 is 0 Å². The molecule has 4 rings (SSSR count). The average molecular weight is 401 g/mol. The fourth-order valence-electron chi connectivity index (χ4n) is 9.64. The highest BCUT2D eigenvalue weighted by Gasteiger charge is 2.61. The van der Waals surface area contributed by atoms with Gasteiger partial charge in [-0.25, -0.2) is 0 Å². The van der Waals surface area contributed by atoms with Crippen LogP contribution in [-0.4, -0.2) is 6.29 Å². The van der Waals surface area contributed by atoms with Gasteiger partial charge < -0.3 is 4.79 Å². The van der Waals surface area contributed by atoms with Crippen LogP contribution in [0.1, 0.15) is 112 Å². The normalized spacial score (nSPS) is 47.9. The van der Waals surface area contributed by atoms with Crippen molar-refractivity contribution in [1.29, 1.82) is 0 Å². The number of hydrogen-bond acceptors (Lipinski definition) is 1. The van der Waals surface area contributed by atoms with Crippen molar-refractivity contribution in [2.24, 2.45) is 58.2 Å². The van der Waals surface area contributed by atoms with Crippen LogP contribution in [-0.2, 0) is 4.79 Å². The summed E-state index contributed by atoms with van der Waals surface area (Å²) in [6.45, 7) is 12.6. The van der Waals surface area contributed by atoms with Crippen molar-refractivity contribution in [2.75, 3.05) is 0 Å². The van der Waals surface area contributed by atoms with Gasteiger partial charge in [0.25, 0.3) is 0 Å². The smallest absolute Gasteiger partial charge is 0.123 e. The van der Waals surface area contributed by atoms with Gasteiger partial charge in [-0.15, -0.1) is 0 Å². The van der Waals surface area contributed by atoms with Crippen molar-refractivity contribution in [1.82, 2.24) is 0 Å². The highest BCUT2D eigenvalue weighted by atomic mass is 16.1. The van der Waals surface area contributed by atoms with Gasteiger partial charge in [-0.3, -0.25) is 0 Å². The second kappa shape index (κ2) is 8.31. The molecule has 0 saturated heterocycles. The fourth-order valence-corrected chi connectivity index (χ4v) is 9.64. The maximum absolute atomic E-state index is 12.1. The molecule has 0 spiro atoms. The summed E-state index contributed by atoms with van der Waals surface area (Å²) < 4.78 is 0. The molecule has 4 fully saturated rings. The fraction of sp³-hybridized carbons (Fsp3) is 0.964. The molecule has 0 aromatic heterocycles. The Hall–Kier alpha value is -0.330. The van der Waals surface area contributed by atoms with Crippen LogP contribution in [0.4, 0.5) is 0 Å². The standard InChI is InChI=1S/C28H48O/c1-19(2)8-6-9-20(3)24-14-15-25-23-13-12-21-10-7-11-22(18-29)28(21,5)26(23)16-17-27(24,25)4/h18-26H,6-17H2,1-5H3/t20-,21+,22?,23+,24-,25-,26-,27+,28+/m0/s1. The minimum absolute atomic E-state index is 0.311. The number of hydrogen-bond donors (Lipinski definition) is 0. The molecule has 9 atom stereocenters. The summed E-state index contributed by atoms with van der Waals surface area (Å²) in [5, 5.41) is 0. The lowest BCUT2D eigenvalue weighted by molar-refractivity contribution is -0.149. The average Bonchev–Trinajstić information content (AvgIpc) is 3.04. The summed E-state index contributed by atoms with van der Waals surface area (Å²) in [7, 11) is 0. The molecular formula is C28H48O. The number of rotatable bonds is 6. The molecule has 0 amide bonds. The maximum Gasteiger partial charge on any atom is 0.123 e. The summed E-state index contributed by atoms with van der Waals surface area (Å²) >= 11 is 0. The lowest BCUT2D eigenvalue weighted by Gasteiger charge is -2.62. The van der Waals surface area contributed by atoms with E-state index in [1.165, 1.54) is 76.9 Å². The monoisotopic (exact) mass is 400 g/mol. The summed E-state index contributed by atoms with van der Waals surface area (Å²) in [6.07, 6.45) is 18.1. The number of carbonyl (C=O) groups is 1. The van der Waals surface area contributed by atoms with Crippen molar-refractivity contribution in [3.05, 3.63) is 0 Å². The van der Waals surface area contributed by atoms with Crippen LogP contribution < -0.4 is 0 Å². The molecule has 4 saturated carbocycles. The van der Waals surface area contributed by atoms with Gasteiger partial charge in [-0.05, 0) is 104 Å². The van der Waals surface area contributed by atoms with E-state index < -0.39 is 0 Å². The quantitative estimate of drug-likeness (QED) is 0.414. The second-order valence-electron chi connectivity index (χ2n) is 12.7. The van der Waals surface area contributed by atoms with Gasteiger partial charge in [0.05, 0.1) is 0 Å². The Labute approximate surface area is 181 Å². The zero-order valence-corrected chi connectivity index (χ0v) is 20.1. The van der Waals surface area contributed by atoms with Crippen LogP contribution in [0.5, 0.6) is 0 Å². The van der Waals surface area contributed by atoms with E-state index in [0.717, 1.165) is 47.8 Å². The van der Waals surface area contributed by atoms with Crippen LogP contribution in [0.15, 0.2) is 0 Å².